The lowest BCUT2D eigenvalue weighted by Gasteiger charge is -2.22. The van der Waals surface area contributed by atoms with Crippen molar-refractivity contribution in [2.75, 3.05) is 0 Å². The highest BCUT2D eigenvalue weighted by Gasteiger charge is 2.35. The lowest BCUT2D eigenvalue weighted by Crippen LogP contribution is -2.15. The molecular weight excluding hydrogens is 292 g/mol. The Morgan fingerprint density at radius 1 is 0.955 bits per heavy atom. The predicted octanol–water partition coefficient (Wildman–Crippen LogP) is 4.40. The third-order valence-corrected chi connectivity index (χ3v) is 6.39. The van der Waals surface area contributed by atoms with E-state index in [2.05, 4.69) is 38.1 Å². The first-order chi connectivity index (χ1) is 10.4. The van der Waals surface area contributed by atoms with Crippen LogP contribution in [0.3, 0.4) is 0 Å². The summed E-state index contributed by atoms with van der Waals surface area (Å²) in [6, 6.07) is 17.1. The fourth-order valence-corrected chi connectivity index (χ4v) is 4.61. The fourth-order valence-electron chi connectivity index (χ4n) is 3.01. The van der Waals surface area contributed by atoms with Gasteiger partial charge in [0, 0.05) is 10.3 Å². The van der Waals surface area contributed by atoms with Gasteiger partial charge in [0.25, 0.3) is 0 Å². The summed E-state index contributed by atoms with van der Waals surface area (Å²) in [5.74, 6) is 0. The SMILES string of the molecule is Cc1ccc([C@@]2(C)C=C(S(=O)(=O)c3ccccc3)CC2)cc1. The highest BCUT2D eigenvalue weighted by Crippen LogP contribution is 2.42. The van der Waals surface area contributed by atoms with Crippen LogP contribution in [0.1, 0.15) is 30.9 Å². The van der Waals surface area contributed by atoms with E-state index in [9.17, 15) is 8.42 Å². The third kappa shape index (κ3) is 2.61. The standard InChI is InChI=1S/C19H20O2S/c1-15-8-10-16(11-9-15)19(2)13-12-18(14-19)22(20,21)17-6-4-3-5-7-17/h3-11,14H,12-13H2,1-2H3/t19-/m1/s1. The van der Waals surface area contributed by atoms with E-state index in [4.69, 9.17) is 0 Å². The second kappa shape index (κ2) is 5.40. The van der Waals surface area contributed by atoms with Gasteiger partial charge in [0.2, 0.25) is 9.84 Å². The molecule has 0 fully saturated rings. The maximum Gasteiger partial charge on any atom is 0.202 e. The van der Waals surface area contributed by atoms with Crippen molar-refractivity contribution in [1.29, 1.82) is 0 Å². The van der Waals surface area contributed by atoms with Gasteiger partial charge < -0.3 is 0 Å². The molecule has 0 amide bonds. The van der Waals surface area contributed by atoms with Gasteiger partial charge >= 0.3 is 0 Å². The Morgan fingerprint density at radius 2 is 1.59 bits per heavy atom. The molecule has 0 aromatic heterocycles. The molecule has 1 aliphatic rings. The summed E-state index contributed by atoms with van der Waals surface area (Å²) >= 11 is 0. The summed E-state index contributed by atoms with van der Waals surface area (Å²) < 4.78 is 25.5. The molecule has 3 heteroatoms. The smallest absolute Gasteiger partial charge is 0.202 e. The molecule has 0 radical (unpaired) electrons. The largest absolute Gasteiger partial charge is 0.219 e. The van der Waals surface area contributed by atoms with Crippen molar-refractivity contribution in [3.8, 4) is 0 Å². The number of rotatable bonds is 3. The summed E-state index contributed by atoms with van der Waals surface area (Å²) in [4.78, 5) is 0.927. The van der Waals surface area contributed by atoms with E-state index in [1.54, 1.807) is 24.3 Å². The van der Waals surface area contributed by atoms with E-state index >= 15 is 0 Å². The first kappa shape index (κ1) is 15.0. The Kier molecular flexibility index (Phi) is 3.69. The van der Waals surface area contributed by atoms with Gasteiger partial charge in [-0.05, 0) is 37.5 Å². The van der Waals surface area contributed by atoms with Crippen LogP contribution in [0.2, 0.25) is 0 Å². The highest BCUT2D eigenvalue weighted by molar-refractivity contribution is 7.95. The molecule has 0 heterocycles. The average Bonchev–Trinajstić information content (AvgIpc) is 2.93. The molecule has 2 aromatic rings. The summed E-state index contributed by atoms with van der Waals surface area (Å²) in [6.45, 7) is 4.17. The van der Waals surface area contributed by atoms with Crippen molar-refractivity contribution in [1.82, 2.24) is 0 Å². The minimum Gasteiger partial charge on any atom is -0.219 e. The minimum atomic E-state index is -3.36. The summed E-state index contributed by atoms with van der Waals surface area (Å²) in [6.07, 6.45) is 3.37. The zero-order chi connectivity index (χ0) is 15.8. The van der Waals surface area contributed by atoms with Gasteiger partial charge in [-0.15, -0.1) is 0 Å². The molecule has 0 saturated heterocycles. The maximum absolute atomic E-state index is 12.7. The average molecular weight is 312 g/mol. The molecule has 0 aliphatic heterocycles. The van der Waals surface area contributed by atoms with Gasteiger partial charge in [-0.25, -0.2) is 8.42 Å². The molecule has 2 aromatic carbocycles. The van der Waals surface area contributed by atoms with Gasteiger partial charge in [0.1, 0.15) is 0 Å². The van der Waals surface area contributed by atoms with Crippen LogP contribution in [0, 0.1) is 6.92 Å². The van der Waals surface area contributed by atoms with Crippen LogP contribution >= 0.6 is 0 Å². The first-order valence-electron chi connectivity index (χ1n) is 7.51. The number of sulfone groups is 1. The number of benzene rings is 2. The monoisotopic (exact) mass is 312 g/mol. The summed E-state index contributed by atoms with van der Waals surface area (Å²) in [5.41, 5.74) is 2.19. The van der Waals surface area contributed by atoms with E-state index in [-0.39, 0.29) is 5.41 Å². The zero-order valence-corrected chi connectivity index (χ0v) is 13.7. The van der Waals surface area contributed by atoms with Crippen LogP contribution < -0.4 is 0 Å². The van der Waals surface area contributed by atoms with Crippen molar-refractivity contribution >= 4 is 9.84 Å². The maximum atomic E-state index is 12.7. The van der Waals surface area contributed by atoms with Gasteiger partial charge in [-0.1, -0.05) is 61.0 Å². The van der Waals surface area contributed by atoms with Crippen molar-refractivity contribution in [3.05, 3.63) is 76.7 Å². The quantitative estimate of drug-likeness (QED) is 0.841. The Hall–Kier alpha value is -1.87. The van der Waals surface area contributed by atoms with Crippen LogP contribution in [0.15, 0.2) is 70.5 Å². The molecule has 0 unspecified atom stereocenters. The van der Waals surface area contributed by atoms with E-state index in [0.29, 0.717) is 16.2 Å². The Bertz CT molecular complexity index is 802. The van der Waals surface area contributed by atoms with E-state index in [1.165, 1.54) is 11.1 Å². The topological polar surface area (TPSA) is 34.1 Å². The van der Waals surface area contributed by atoms with Gasteiger partial charge in [-0.2, -0.15) is 0 Å². The highest BCUT2D eigenvalue weighted by atomic mass is 32.2. The number of allylic oxidation sites excluding steroid dienone is 2. The van der Waals surface area contributed by atoms with Gasteiger partial charge in [0.15, 0.2) is 0 Å². The molecule has 0 spiro atoms. The first-order valence-corrected chi connectivity index (χ1v) is 8.99. The molecule has 22 heavy (non-hydrogen) atoms. The molecule has 0 saturated carbocycles. The Morgan fingerprint density at radius 3 is 2.23 bits per heavy atom. The fraction of sp³-hybridized carbons (Fsp3) is 0.263. The van der Waals surface area contributed by atoms with E-state index < -0.39 is 9.84 Å². The van der Waals surface area contributed by atoms with E-state index in [0.717, 1.165) is 6.42 Å². The third-order valence-electron chi connectivity index (χ3n) is 4.48. The second-order valence-corrected chi connectivity index (χ2v) is 8.21. The lowest BCUT2D eigenvalue weighted by atomic mass is 9.82. The molecular formula is C19H20O2S. The van der Waals surface area contributed by atoms with E-state index in [1.807, 2.05) is 12.1 Å². The molecule has 2 nitrogen and oxygen atoms in total. The Labute approximate surface area is 132 Å². The van der Waals surface area contributed by atoms with Crippen molar-refractivity contribution in [3.63, 3.8) is 0 Å². The molecule has 1 aliphatic carbocycles. The van der Waals surface area contributed by atoms with Crippen molar-refractivity contribution < 1.29 is 8.42 Å². The van der Waals surface area contributed by atoms with Gasteiger partial charge in [-0.3, -0.25) is 0 Å². The van der Waals surface area contributed by atoms with Crippen molar-refractivity contribution in [2.24, 2.45) is 0 Å². The summed E-state index contributed by atoms with van der Waals surface area (Å²) in [5, 5.41) is 0. The van der Waals surface area contributed by atoms with Crippen LogP contribution in [-0.2, 0) is 15.3 Å². The normalized spacial score (nSPS) is 21.6. The number of aryl methyl sites for hydroxylation is 1. The summed E-state index contributed by atoms with van der Waals surface area (Å²) in [7, 11) is -3.36. The van der Waals surface area contributed by atoms with Crippen LogP contribution in [0.5, 0.6) is 0 Å². The van der Waals surface area contributed by atoms with Crippen LogP contribution in [0.4, 0.5) is 0 Å². The molecule has 0 bridgehead atoms. The number of hydrogen-bond donors (Lipinski definition) is 0. The number of hydrogen-bond acceptors (Lipinski definition) is 2. The van der Waals surface area contributed by atoms with Gasteiger partial charge in [0.05, 0.1) is 4.90 Å². The molecule has 1 atom stereocenters. The van der Waals surface area contributed by atoms with Crippen LogP contribution in [-0.4, -0.2) is 8.42 Å². The molecule has 114 valence electrons. The predicted molar refractivity (Wildman–Crippen MR) is 89.5 cm³/mol. The molecule has 0 N–H and O–H groups in total. The molecule has 3 rings (SSSR count). The zero-order valence-electron chi connectivity index (χ0n) is 12.9. The lowest BCUT2D eigenvalue weighted by molar-refractivity contribution is 0.577. The second-order valence-electron chi connectivity index (χ2n) is 6.21. The Balaban J connectivity index is 1.99. The minimum absolute atomic E-state index is 0.203. The van der Waals surface area contributed by atoms with Crippen molar-refractivity contribution in [2.45, 2.75) is 37.0 Å². The van der Waals surface area contributed by atoms with Crippen LogP contribution in [0.25, 0.3) is 0 Å².